The van der Waals surface area contributed by atoms with Gasteiger partial charge in [-0.25, -0.2) is 4.79 Å². The van der Waals surface area contributed by atoms with Crippen molar-refractivity contribution in [3.63, 3.8) is 0 Å². The molecule has 1 aliphatic rings. The Hall–Kier alpha value is -2.30. The zero-order valence-corrected chi connectivity index (χ0v) is 14.7. The first-order valence-electron chi connectivity index (χ1n) is 8.31. The molecule has 27 heavy (non-hydrogen) atoms. The summed E-state index contributed by atoms with van der Waals surface area (Å²) in [4.78, 5) is 23.2. The van der Waals surface area contributed by atoms with E-state index in [9.17, 15) is 24.9 Å². The Labute approximate surface area is 155 Å². The van der Waals surface area contributed by atoms with Crippen LogP contribution >= 0.6 is 0 Å². The van der Waals surface area contributed by atoms with E-state index in [0.29, 0.717) is 5.56 Å². The zero-order valence-electron chi connectivity index (χ0n) is 14.7. The third-order valence-corrected chi connectivity index (χ3v) is 4.07. The van der Waals surface area contributed by atoms with Crippen LogP contribution in [0.4, 0.5) is 0 Å². The predicted octanol–water partition coefficient (Wildman–Crippen LogP) is -0.842. The number of amides is 1. The molecule has 0 fully saturated rings. The van der Waals surface area contributed by atoms with Crippen LogP contribution in [0.3, 0.4) is 0 Å². The number of hydrogen-bond donors (Lipinski definition) is 5. The summed E-state index contributed by atoms with van der Waals surface area (Å²) in [6.07, 6.45) is -2.18. The minimum atomic E-state index is -2.23. The minimum Gasteiger partial charge on any atom is -0.477 e. The molecule has 0 aliphatic carbocycles. The van der Waals surface area contributed by atoms with Crippen LogP contribution in [0.2, 0.25) is 0 Å². The smallest absolute Gasteiger partial charge is 0.368 e. The van der Waals surface area contributed by atoms with Crippen LogP contribution in [-0.2, 0) is 25.7 Å². The summed E-state index contributed by atoms with van der Waals surface area (Å²) in [5.74, 6) is -4.14. The predicted molar refractivity (Wildman–Crippen MR) is 92.3 cm³/mol. The molecule has 1 aromatic rings. The minimum absolute atomic E-state index is 0.0896. The highest BCUT2D eigenvalue weighted by Crippen LogP contribution is 2.29. The van der Waals surface area contributed by atoms with Gasteiger partial charge in [-0.15, -0.1) is 0 Å². The second kappa shape index (κ2) is 9.07. The summed E-state index contributed by atoms with van der Waals surface area (Å²) < 4.78 is 11.0. The molecule has 1 unspecified atom stereocenters. The van der Waals surface area contributed by atoms with Crippen molar-refractivity contribution in [2.24, 2.45) is 0 Å². The second-order valence-electron chi connectivity index (χ2n) is 6.16. The Morgan fingerprint density at radius 3 is 2.52 bits per heavy atom. The lowest BCUT2D eigenvalue weighted by molar-refractivity contribution is -0.265. The molecule has 1 aliphatic heterocycles. The molecule has 0 radical (unpaired) electrons. The summed E-state index contributed by atoms with van der Waals surface area (Å²) in [5, 5.41) is 41.2. The van der Waals surface area contributed by atoms with Crippen LogP contribution < -0.4 is 5.32 Å². The van der Waals surface area contributed by atoms with E-state index >= 15 is 0 Å². The number of aliphatic carboxylic acids is 1. The number of carbonyl (C=O) groups excluding carboxylic acids is 1. The molecule has 2 rings (SSSR count). The van der Waals surface area contributed by atoms with Gasteiger partial charge < -0.3 is 35.2 Å². The largest absolute Gasteiger partial charge is 0.477 e. The highest BCUT2D eigenvalue weighted by Gasteiger charge is 2.49. The first kappa shape index (κ1) is 21.0. The van der Waals surface area contributed by atoms with Crippen molar-refractivity contribution in [3.05, 3.63) is 48.0 Å². The van der Waals surface area contributed by atoms with Crippen LogP contribution in [0, 0.1) is 0 Å². The fourth-order valence-corrected chi connectivity index (χ4v) is 2.66. The molecule has 1 amide bonds. The van der Waals surface area contributed by atoms with Crippen molar-refractivity contribution in [2.75, 3.05) is 6.61 Å². The second-order valence-corrected chi connectivity index (χ2v) is 6.16. The maximum Gasteiger partial charge on any atom is 0.368 e. The average Bonchev–Trinajstić information content (AvgIpc) is 2.66. The Bertz CT molecular complexity index is 679. The van der Waals surface area contributed by atoms with Gasteiger partial charge in [0.15, 0.2) is 0 Å². The first-order chi connectivity index (χ1) is 12.8. The van der Waals surface area contributed by atoms with Crippen LogP contribution in [0.25, 0.3) is 0 Å². The van der Waals surface area contributed by atoms with Gasteiger partial charge >= 0.3 is 5.97 Å². The molecule has 9 nitrogen and oxygen atoms in total. The van der Waals surface area contributed by atoms with Gasteiger partial charge in [-0.3, -0.25) is 4.79 Å². The third-order valence-electron chi connectivity index (χ3n) is 4.07. The normalized spacial score (nSPS) is 27.0. The SMILES string of the molecule is CC(=O)N[C@@H]1C=CC(OCc2ccccc2)(C(=O)O)O[C@H]1[C@H](O)[C@@H](O)CO. The number of carboxylic acids is 1. The van der Waals surface area contributed by atoms with E-state index in [2.05, 4.69) is 5.32 Å². The number of ether oxygens (including phenoxy) is 2. The van der Waals surface area contributed by atoms with Crippen molar-refractivity contribution in [1.82, 2.24) is 5.32 Å². The molecule has 0 saturated heterocycles. The van der Waals surface area contributed by atoms with Gasteiger partial charge in [0.05, 0.1) is 19.3 Å². The van der Waals surface area contributed by atoms with Crippen LogP contribution in [-0.4, -0.2) is 69.1 Å². The summed E-state index contributed by atoms with van der Waals surface area (Å²) in [6.45, 7) is 0.376. The number of carbonyl (C=O) groups is 2. The monoisotopic (exact) mass is 381 g/mol. The van der Waals surface area contributed by atoms with Gasteiger partial charge in [-0.1, -0.05) is 36.4 Å². The standard InChI is InChI=1S/C18H23NO8/c1-11(21)19-13-7-8-18(17(24)25,26-10-12-5-3-2-4-6-12)27-16(13)15(23)14(22)9-20/h2-8,13-16,20,22-23H,9-10H2,1H3,(H,19,21)(H,24,25)/t13-,14+,15-,16-,18?/m1/s1. The maximum atomic E-state index is 11.9. The van der Waals surface area contributed by atoms with Gasteiger partial charge in [-0.2, -0.15) is 0 Å². The highest BCUT2D eigenvalue weighted by molar-refractivity contribution is 5.79. The van der Waals surface area contributed by atoms with Crippen molar-refractivity contribution in [3.8, 4) is 0 Å². The number of carboxylic acid groups (broad SMARTS) is 1. The molecular weight excluding hydrogens is 358 g/mol. The molecule has 5 atom stereocenters. The van der Waals surface area contributed by atoms with E-state index in [0.717, 1.165) is 6.08 Å². The lowest BCUT2D eigenvalue weighted by Gasteiger charge is -2.40. The van der Waals surface area contributed by atoms with E-state index in [1.54, 1.807) is 30.3 Å². The molecule has 1 aromatic carbocycles. The van der Waals surface area contributed by atoms with Gasteiger partial charge in [0, 0.05) is 6.92 Å². The summed E-state index contributed by atoms with van der Waals surface area (Å²) >= 11 is 0. The topological polar surface area (TPSA) is 146 Å². The third kappa shape index (κ3) is 5.12. The van der Waals surface area contributed by atoms with Gasteiger partial charge in [0.1, 0.15) is 18.3 Å². The summed E-state index contributed by atoms with van der Waals surface area (Å²) in [7, 11) is 0. The number of nitrogens with one attached hydrogen (secondary N) is 1. The first-order valence-corrected chi connectivity index (χ1v) is 8.31. The molecule has 1 heterocycles. The highest BCUT2D eigenvalue weighted by atomic mass is 16.7. The molecular formula is C18H23NO8. The van der Waals surface area contributed by atoms with Crippen molar-refractivity contribution in [1.29, 1.82) is 0 Å². The van der Waals surface area contributed by atoms with Crippen molar-refractivity contribution >= 4 is 11.9 Å². The Morgan fingerprint density at radius 1 is 1.30 bits per heavy atom. The quantitative estimate of drug-likeness (QED) is 0.366. The van der Waals surface area contributed by atoms with Gasteiger partial charge in [0.2, 0.25) is 5.91 Å². The van der Waals surface area contributed by atoms with E-state index in [-0.39, 0.29) is 6.61 Å². The fraction of sp³-hybridized carbons (Fsp3) is 0.444. The Morgan fingerprint density at radius 2 is 1.96 bits per heavy atom. The number of aliphatic hydroxyl groups is 3. The van der Waals surface area contributed by atoms with E-state index < -0.39 is 48.6 Å². The van der Waals surface area contributed by atoms with E-state index in [4.69, 9.17) is 14.6 Å². The molecule has 0 aromatic heterocycles. The van der Waals surface area contributed by atoms with E-state index in [1.807, 2.05) is 0 Å². The maximum absolute atomic E-state index is 11.9. The Balaban J connectivity index is 2.28. The molecule has 0 bridgehead atoms. The van der Waals surface area contributed by atoms with E-state index in [1.165, 1.54) is 13.0 Å². The lowest BCUT2D eigenvalue weighted by Crippen LogP contribution is -2.60. The summed E-state index contributed by atoms with van der Waals surface area (Å²) in [6, 6.07) is 7.88. The van der Waals surface area contributed by atoms with Gasteiger partial charge in [0.25, 0.3) is 5.79 Å². The lowest BCUT2D eigenvalue weighted by atomic mass is 9.96. The molecule has 0 spiro atoms. The summed E-state index contributed by atoms with van der Waals surface area (Å²) in [5.41, 5.74) is 0.701. The molecule has 148 valence electrons. The number of rotatable bonds is 8. The number of benzene rings is 1. The average molecular weight is 381 g/mol. The van der Waals surface area contributed by atoms with Crippen LogP contribution in [0.5, 0.6) is 0 Å². The molecule has 0 saturated carbocycles. The van der Waals surface area contributed by atoms with Crippen LogP contribution in [0.1, 0.15) is 12.5 Å². The van der Waals surface area contributed by atoms with Crippen molar-refractivity contribution < 1.29 is 39.5 Å². The number of aliphatic hydroxyl groups excluding tert-OH is 3. The van der Waals surface area contributed by atoms with Gasteiger partial charge in [-0.05, 0) is 11.6 Å². The molecule has 5 N–H and O–H groups in total. The zero-order chi connectivity index (χ0) is 20.0. The van der Waals surface area contributed by atoms with Crippen LogP contribution in [0.15, 0.2) is 42.5 Å². The van der Waals surface area contributed by atoms with Crippen molar-refractivity contribution in [2.45, 2.75) is 43.7 Å². The number of hydrogen-bond acceptors (Lipinski definition) is 7. The Kier molecular flexibility index (Phi) is 7.05. The fourth-order valence-electron chi connectivity index (χ4n) is 2.66. The molecule has 9 heteroatoms.